The molecule has 0 unspecified atom stereocenters. The van der Waals surface area contributed by atoms with Crippen LogP contribution in [0.2, 0.25) is 0 Å². The number of ether oxygens (including phenoxy) is 2. The topological polar surface area (TPSA) is 64.6 Å². The molecule has 0 spiro atoms. The van der Waals surface area contributed by atoms with Crippen molar-refractivity contribution in [2.75, 3.05) is 19.0 Å². The highest BCUT2D eigenvalue weighted by Gasteiger charge is 2.12. The Hall–Kier alpha value is -3.08. The molecule has 2 aromatic carbocycles. The molecule has 124 valence electrons. The second-order valence-electron chi connectivity index (χ2n) is 4.83. The van der Waals surface area contributed by atoms with Crippen molar-refractivity contribution in [3.8, 4) is 5.75 Å². The number of esters is 1. The Bertz CT molecular complexity index is 753. The molecule has 24 heavy (non-hydrogen) atoms. The van der Waals surface area contributed by atoms with Gasteiger partial charge in [-0.2, -0.15) is 0 Å². The number of methoxy groups -OCH3 is 1. The fourth-order valence-electron chi connectivity index (χ4n) is 2.12. The van der Waals surface area contributed by atoms with Crippen LogP contribution in [-0.2, 0) is 9.53 Å². The fourth-order valence-corrected chi connectivity index (χ4v) is 2.12. The number of nitrogens with one attached hydrogen (secondary N) is 1. The molecular weight excluding hydrogens is 306 g/mol. The number of para-hydroxylation sites is 2. The summed E-state index contributed by atoms with van der Waals surface area (Å²) in [5.41, 5.74) is 1.51. The van der Waals surface area contributed by atoms with E-state index in [9.17, 15) is 9.59 Å². The highest BCUT2D eigenvalue weighted by Crippen LogP contribution is 2.19. The van der Waals surface area contributed by atoms with Crippen molar-refractivity contribution in [2.24, 2.45) is 0 Å². The predicted octanol–water partition coefficient (Wildman–Crippen LogP) is 3.52. The van der Waals surface area contributed by atoms with Gasteiger partial charge in [0, 0.05) is 11.6 Å². The number of rotatable bonds is 6. The van der Waals surface area contributed by atoms with Crippen LogP contribution in [0.15, 0.2) is 54.6 Å². The molecule has 1 N–H and O–H groups in total. The molecule has 0 bridgehead atoms. The van der Waals surface area contributed by atoms with E-state index in [-0.39, 0.29) is 12.5 Å². The lowest BCUT2D eigenvalue weighted by Gasteiger charge is -2.09. The lowest BCUT2D eigenvalue weighted by molar-refractivity contribution is -0.111. The van der Waals surface area contributed by atoms with Crippen molar-refractivity contribution in [3.63, 3.8) is 0 Å². The minimum atomic E-state index is -0.470. The Kier molecular flexibility index (Phi) is 6.14. The van der Waals surface area contributed by atoms with Crippen molar-refractivity contribution in [1.29, 1.82) is 0 Å². The van der Waals surface area contributed by atoms with E-state index in [1.54, 1.807) is 44.4 Å². The van der Waals surface area contributed by atoms with Crippen LogP contribution in [0.3, 0.4) is 0 Å². The van der Waals surface area contributed by atoms with Crippen LogP contribution in [0, 0.1) is 0 Å². The number of anilines is 1. The molecule has 1 amide bonds. The number of carbonyl (C=O) groups excluding carboxylic acids is 2. The van der Waals surface area contributed by atoms with E-state index in [1.165, 1.54) is 6.08 Å². The van der Waals surface area contributed by atoms with E-state index in [0.717, 1.165) is 5.56 Å². The molecule has 5 nitrogen and oxygen atoms in total. The Balaban J connectivity index is 2.13. The van der Waals surface area contributed by atoms with E-state index in [4.69, 9.17) is 9.47 Å². The third-order valence-electron chi connectivity index (χ3n) is 3.23. The van der Waals surface area contributed by atoms with Gasteiger partial charge in [0.1, 0.15) is 5.75 Å². The van der Waals surface area contributed by atoms with Crippen molar-refractivity contribution in [3.05, 3.63) is 65.7 Å². The van der Waals surface area contributed by atoms with Gasteiger partial charge < -0.3 is 14.8 Å². The van der Waals surface area contributed by atoms with Crippen LogP contribution in [-0.4, -0.2) is 25.6 Å². The van der Waals surface area contributed by atoms with Gasteiger partial charge in [-0.05, 0) is 31.2 Å². The molecule has 0 aliphatic rings. The zero-order chi connectivity index (χ0) is 17.4. The molecule has 0 radical (unpaired) electrons. The summed E-state index contributed by atoms with van der Waals surface area (Å²) in [7, 11) is 1.57. The lowest BCUT2D eigenvalue weighted by Crippen LogP contribution is -2.13. The average molecular weight is 325 g/mol. The first kappa shape index (κ1) is 17.3. The maximum Gasteiger partial charge on any atom is 0.340 e. The summed E-state index contributed by atoms with van der Waals surface area (Å²) in [6.07, 6.45) is 3.04. The smallest absolute Gasteiger partial charge is 0.340 e. The SMILES string of the molecule is CCOC(=O)c1ccccc1NC(=O)/C=C/c1ccccc1OC. The second-order valence-corrected chi connectivity index (χ2v) is 4.83. The average Bonchev–Trinajstić information content (AvgIpc) is 2.61. The third kappa shape index (κ3) is 4.46. The highest BCUT2D eigenvalue weighted by atomic mass is 16.5. The van der Waals surface area contributed by atoms with Crippen molar-refractivity contribution < 1.29 is 19.1 Å². The quantitative estimate of drug-likeness (QED) is 0.652. The van der Waals surface area contributed by atoms with E-state index in [0.29, 0.717) is 17.0 Å². The molecule has 0 atom stereocenters. The zero-order valence-electron chi connectivity index (χ0n) is 13.6. The Labute approximate surface area is 140 Å². The highest BCUT2D eigenvalue weighted by molar-refractivity contribution is 6.06. The standard InChI is InChI=1S/C19H19NO4/c1-3-24-19(22)15-9-5-6-10-16(15)20-18(21)13-12-14-8-4-7-11-17(14)23-2/h4-13H,3H2,1-2H3,(H,20,21)/b13-12+. The van der Waals surface area contributed by atoms with E-state index >= 15 is 0 Å². The Morgan fingerprint density at radius 3 is 2.54 bits per heavy atom. The lowest BCUT2D eigenvalue weighted by atomic mass is 10.1. The number of benzene rings is 2. The molecule has 0 saturated heterocycles. The molecule has 0 fully saturated rings. The van der Waals surface area contributed by atoms with Crippen LogP contribution < -0.4 is 10.1 Å². The van der Waals surface area contributed by atoms with Gasteiger partial charge >= 0.3 is 5.97 Å². The van der Waals surface area contributed by atoms with Crippen LogP contribution in [0.25, 0.3) is 6.08 Å². The van der Waals surface area contributed by atoms with Crippen molar-refractivity contribution in [2.45, 2.75) is 6.92 Å². The number of hydrogen-bond donors (Lipinski definition) is 1. The summed E-state index contributed by atoms with van der Waals surface area (Å²) in [5.74, 6) is -0.145. The first-order chi connectivity index (χ1) is 11.7. The number of amides is 1. The van der Waals surface area contributed by atoms with Gasteiger partial charge in [-0.15, -0.1) is 0 Å². The molecule has 2 rings (SSSR count). The van der Waals surface area contributed by atoms with Crippen molar-refractivity contribution >= 4 is 23.6 Å². The van der Waals surface area contributed by atoms with Crippen LogP contribution in [0.4, 0.5) is 5.69 Å². The van der Waals surface area contributed by atoms with Gasteiger partial charge in [0.15, 0.2) is 0 Å². The molecule has 0 heterocycles. The predicted molar refractivity (Wildman–Crippen MR) is 93.1 cm³/mol. The van der Waals surface area contributed by atoms with Crippen LogP contribution in [0.1, 0.15) is 22.8 Å². The molecule has 5 heteroatoms. The summed E-state index contributed by atoms with van der Waals surface area (Å²) in [6, 6.07) is 14.1. The monoisotopic (exact) mass is 325 g/mol. The summed E-state index contributed by atoms with van der Waals surface area (Å²) < 4.78 is 10.2. The second kappa shape index (κ2) is 8.53. The summed E-state index contributed by atoms with van der Waals surface area (Å²) in [5, 5.41) is 2.69. The van der Waals surface area contributed by atoms with Crippen LogP contribution >= 0.6 is 0 Å². The first-order valence-corrected chi connectivity index (χ1v) is 7.54. The van der Waals surface area contributed by atoms with E-state index in [2.05, 4.69) is 5.32 Å². The number of carbonyl (C=O) groups is 2. The normalized spacial score (nSPS) is 10.4. The maximum atomic E-state index is 12.1. The van der Waals surface area contributed by atoms with Crippen LogP contribution in [0.5, 0.6) is 5.75 Å². The summed E-state index contributed by atoms with van der Waals surface area (Å²) in [6.45, 7) is 2.00. The Morgan fingerprint density at radius 1 is 1.08 bits per heavy atom. The van der Waals surface area contributed by atoms with E-state index in [1.807, 2.05) is 24.3 Å². The molecule has 0 saturated carbocycles. The molecular formula is C19H19NO4. The summed E-state index contributed by atoms with van der Waals surface area (Å²) in [4.78, 5) is 24.0. The fraction of sp³-hybridized carbons (Fsp3) is 0.158. The maximum absolute atomic E-state index is 12.1. The van der Waals surface area contributed by atoms with Gasteiger partial charge in [-0.3, -0.25) is 4.79 Å². The molecule has 0 aliphatic carbocycles. The third-order valence-corrected chi connectivity index (χ3v) is 3.23. The van der Waals surface area contributed by atoms with E-state index < -0.39 is 5.97 Å². The van der Waals surface area contributed by atoms with Gasteiger partial charge in [0.05, 0.1) is 25.0 Å². The largest absolute Gasteiger partial charge is 0.496 e. The van der Waals surface area contributed by atoms with Gasteiger partial charge in [-0.1, -0.05) is 30.3 Å². The first-order valence-electron chi connectivity index (χ1n) is 7.54. The zero-order valence-corrected chi connectivity index (χ0v) is 13.6. The Morgan fingerprint density at radius 2 is 1.79 bits per heavy atom. The van der Waals surface area contributed by atoms with Gasteiger partial charge in [0.25, 0.3) is 0 Å². The summed E-state index contributed by atoms with van der Waals surface area (Å²) >= 11 is 0. The van der Waals surface area contributed by atoms with Crippen molar-refractivity contribution in [1.82, 2.24) is 0 Å². The van der Waals surface area contributed by atoms with Gasteiger partial charge in [0.2, 0.25) is 5.91 Å². The molecule has 0 aliphatic heterocycles. The minimum absolute atomic E-state index is 0.273. The molecule has 0 aromatic heterocycles. The molecule has 2 aromatic rings. The van der Waals surface area contributed by atoms with Gasteiger partial charge in [-0.25, -0.2) is 4.79 Å². The minimum Gasteiger partial charge on any atom is -0.496 e. The number of hydrogen-bond acceptors (Lipinski definition) is 4.